The van der Waals surface area contributed by atoms with E-state index in [1.54, 1.807) is 12.1 Å². The molecule has 0 bridgehead atoms. The fourth-order valence-corrected chi connectivity index (χ4v) is 3.37. The minimum Gasteiger partial charge on any atom is -0.459 e. The Labute approximate surface area is 138 Å². The van der Waals surface area contributed by atoms with Crippen LogP contribution in [-0.4, -0.2) is 32.5 Å². The monoisotopic (exact) mass is 330 g/mol. The molecule has 2 aromatic rings. The van der Waals surface area contributed by atoms with Crippen LogP contribution in [0.15, 0.2) is 27.3 Å². The van der Waals surface area contributed by atoms with Crippen molar-refractivity contribution in [2.75, 3.05) is 0 Å². The molecule has 2 fully saturated rings. The van der Waals surface area contributed by atoms with Crippen LogP contribution in [0.1, 0.15) is 38.4 Å². The van der Waals surface area contributed by atoms with Gasteiger partial charge in [0.2, 0.25) is 0 Å². The van der Waals surface area contributed by atoms with Crippen LogP contribution in [0, 0.1) is 5.92 Å². The first-order valence-electron chi connectivity index (χ1n) is 8.08. The van der Waals surface area contributed by atoms with Gasteiger partial charge in [0.15, 0.2) is 11.6 Å². The number of amides is 3. The van der Waals surface area contributed by atoms with Gasteiger partial charge in [-0.1, -0.05) is 12.1 Å². The highest BCUT2D eigenvalue weighted by Crippen LogP contribution is 2.36. The highest BCUT2D eigenvalue weighted by molar-refractivity contribution is 6.07. The van der Waals surface area contributed by atoms with E-state index < -0.39 is 5.54 Å². The van der Waals surface area contributed by atoms with Crippen molar-refractivity contribution in [3.63, 3.8) is 0 Å². The van der Waals surface area contributed by atoms with Crippen LogP contribution < -0.4 is 5.32 Å². The quantitative estimate of drug-likeness (QED) is 0.867. The Balaban J connectivity index is 1.51. The van der Waals surface area contributed by atoms with Crippen LogP contribution in [0.5, 0.6) is 0 Å². The average molecular weight is 330 g/mol. The second-order valence-corrected chi connectivity index (χ2v) is 6.58. The maximum absolute atomic E-state index is 12.8. The highest BCUT2D eigenvalue weighted by atomic mass is 16.5. The summed E-state index contributed by atoms with van der Waals surface area (Å²) in [6.45, 7) is 2.16. The smallest absolute Gasteiger partial charge is 0.325 e. The van der Waals surface area contributed by atoms with Gasteiger partial charge < -0.3 is 14.3 Å². The third-order valence-electron chi connectivity index (χ3n) is 4.87. The van der Waals surface area contributed by atoms with E-state index in [4.69, 9.17) is 8.94 Å². The van der Waals surface area contributed by atoms with Crippen molar-refractivity contribution < 1.29 is 18.5 Å². The Kier molecular flexibility index (Phi) is 3.40. The Morgan fingerprint density at radius 1 is 1.38 bits per heavy atom. The lowest BCUT2D eigenvalue weighted by Crippen LogP contribution is -2.49. The summed E-state index contributed by atoms with van der Waals surface area (Å²) in [6, 6.07) is 3.02. The van der Waals surface area contributed by atoms with Crippen molar-refractivity contribution in [3.8, 4) is 11.7 Å². The largest absolute Gasteiger partial charge is 0.459 e. The van der Waals surface area contributed by atoms with E-state index in [1.807, 2.05) is 0 Å². The van der Waals surface area contributed by atoms with Gasteiger partial charge in [0.05, 0.1) is 12.8 Å². The minimum atomic E-state index is -0.753. The molecule has 2 aliphatic rings. The molecule has 0 atom stereocenters. The van der Waals surface area contributed by atoms with E-state index in [2.05, 4.69) is 22.4 Å². The van der Waals surface area contributed by atoms with Gasteiger partial charge in [-0.05, 0) is 43.7 Å². The summed E-state index contributed by atoms with van der Waals surface area (Å²) >= 11 is 0. The number of carbonyl (C=O) groups is 2. The molecule has 126 valence electrons. The number of rotatable bonds is 3. The molecular weight excluding hydrogens is 312 g/mol. The van der Waals surface area contributed by atoms with Gasteiger partial charge in [0.25, 0.3) is 11.8 Å². The van der Waals surface area contributed by atoms with E-state index in [1.165, 1.54) is 11.2 Å². The zero-order valence-corrected chi connectivity index (χ0v) is 13.3. The molecule has 8 heteroatoms. The third-order valence-corrected chi connectivity index (χ3v) is 4.87. The summed E-state index contributed by atoms with van der Waals surface area (Å²) in [5, 5.41) is 6.71. The van der Waals surface area contributed by atoms with E-state index in [0.29, 0.717) is 24.5 Å². The zero-order valence-electron chi connectivity index (χ0n) is 13.3. The molecule has 1 aliphatic carbocycles. The number of nitrogens with zero attached hydrogens (tertiary/aromatic N) is 3. The Bertz CT molecular complexity index is 759. The molecule has 0 unspecified atom stereocenters. The number of carbonyl (C=O) groups excluding carboxylic acids is 2. The van der Waals surface area contributed by atoms with E-state index >= 15 is 0 Å². The molecule has 1 saturated carbocycles. The second kappa shape index (κ2) is 5.47. The van der Waals surface area contributed by atoms with Gasteiger partial charge in [-0.15, -0.1) is 0 Å². The van der Waals surface area contributed by atoms with Crippen LogP contribution in [0.4, 0.5) is 4.79 Å². The summed E-state index contributed by atoms with van der Waals surface area (Å²) in [5.74, 6) is 1.34. The molecule has 3 heterocycles. The lowest BCUT2D eigenvalue weighted by Gasteiger charge is -2.33. The summed E-state index contributed by atoms with van der Waals surface area (Å²) in [4.78, 5) is 30.4. The van der Waals surface area contributed by atoms with E-state index in [0.717, 1.165) is 12.8 Å². The predicted octanol–water partition coefficient (Wildman–Crippen LogP) is 2.33. The minimum absolute atomic E-state index is 0.00776. The van der Waals surface area contributed by atoms with Gasteiger partial charge in [0.1, 0.15) is 5.54 Å². The molecule has 1 N–H and O–H groups in total. The molecule has 0 aromatic carbocycles. The Morgan fingerprint density at radius 2 is 2.17 bits per heavy atom. The van der Waals surface area contributed by atoms with Crippen LogP contribution in [0.3, 0.4) is 0 Å². The second-order valence-electron chi connectivity index (χ2n) is 6.58. The van der Waals surface area contributed by atoms with Crippen LogP contribution in [0.2, 0.25) is 0 Å². The summed E-state index contributed by atoms with van der Waals surface area (Å²) in [6.07, 6.45) is 4.73. The first-order chi connectivity index (χ1) is 11.6. The van der Waals surface area contributed by atoms with Crippen molar-refractivity contribution in [2.45, 2.75) is 44.7 Å². The van der Waals surface area contributed by atoms with Gasteiger partial charge in [-0.2, -0.15) is 4.98 Å². The molecule has 3 amide bonds. The molecular formula is C16H18N4O4. The number of nitrogens with one attached hydrogen (secondary N) is 1. The van der Waals surface area contributed by atoms with Crippen LogP contribution in [-0.2, 0) is 11.3 Å². The van der Waals surface area contributed by atoms with Crippen LogP contribution in [0.25, 0.3) is 11.7 Å². The lowest BCUT2D eigenvalue weighted by molar-refractivity contribution is -0.133. The van der Waals surface area contributed by atoms with Crippen molar-refractivity contribution in [1.29, 1.82) is 0 Å². The number of hydrogen-bond acceptors (Lipinski definition) is 6. The molecule has 4 rings (SSSR count). The summed E-state index contributed by atoms with van der Waals surface area (Å²) < 4.78 is 10.3. The van der Waals surface area contributed by atoms with Gasteiger partial charge >= 0.3 is 6.03 Å². The van der Waals surface area contributed by atoms with Crippen molar-refractivity contribution in [3.05, 3.63) is 24.2 Å². The molecule has 2 aromatic heterocycles. The summed E-state index contributed by atoms with van der Waals surface area (Å²) in [7, 11) is 0. The van der Waals surface area contributed by atoms with E-state index in [9.17, 15) is 9.59 Å². The molecule has 1 aliphatic heterocycles. The standard InChI is InChI=1S/C16H18N4O4/c1-10-4-6-16(7-5-10)14(21)20(15(22)18-16)9-12-17-13(24-19-12)11-3-2-8-23-11/h2-3,8,10H,4-7,9H2,1H3,(H,18,22). The van der Waals surface area contributed by atoms with Crippen molar-refractivity contribution >= 4 is 11.9 Å². The maximum Gasteiger partial charge on any atom is 0.325 e. The highest BCUT2D eigenvalue weighted by Gasteiger charge is 2.52. The topological polar surface area (TPSA) is 101 Å². The lowest BCUT2D eigenvalue weighted by atomic mass is 9.77. The molecule has 1 spiro atoms. The number of furan rings is 1. The molecule has 8 nitrogen and oxygen atoms in total. The molecule has 1 saturated heterocycles. The Morgan fingerprint density at radius 3 is 2.88 bits per heavy atom. The van der Waals surface area contributed by atoms with Gasteiger partial charge in [-0.3, -0.25) is 9.69 Å². The van der Waals surface area contributed by atoms with Gasteiger partial charge in [0, 0.05) is 0 Å². The fraction of sp³-hybridized carbons (Fsp3) is 0.500. The van der Waals surface area contributed by atoms with Gasteiger partial charge in [-0.25, -0.2) is 4.79 Å². The predicted molar refractivity (Wildman–Crippen MR) is 81.4 cm³/mol. The SMILES string of the molecule is CC1CCC2(CC1)NC(=O)N(Cc1noc(-c3ccco3)n1)C2=O. The maximum atomic E-state index is 12.8. The molecule has 24 heavy (non-hydrogen) atoms. The number of aromatic nitrogens is 2. The zero-order chi connectivity index (χ0) is 16.7. The number of imide groups is 1. The summed E-state index contributed by atoms with van der Waals surface area (Å²) in [5.41, 5.74) is -0.753. The fourth-order valence-electron chi connectivity index (χ4n) is 3.37. The first kappa shape index (κ1) is 14.9. The van der Waals surface area contributed by atoms with Crippen LogP contribution >= 0.6 is 0 Å². The normalized spacial score (nSPS) is 27.0. The number of urea groups is 1. The van der Waals surface area contributed by atoms with Crippen molar-refractivity contribution in [1.82, 2.24) is 20.4 Å². The first-order valence-corrected chi connectivity index (χ1v) is 8.08. The van der Waals surface area contributed by atoms with E-state index in [-0.39, 0.29) is 30.2 Å². The third kappa shape index (κ3) is 2.38. The average Bonchev–Trinajstić information content (AvgIpc) is 3.28. The Hall–Kier alpha value is -2.64. The molecule has 0 radical (unpaired) electrons. The van der Waals surface area contributed by atoms with Crippen molar-refractivity contribution in [2.24, 2.45) is 5.92 Å². The number of hydrogen-bond donors (Lipinski definition) is 1.